The zero-order valence-corrected chi connectivity index (χ0v) is 17.1. The second kappa shape index (κ2) is 9.31. The van der Waals surface area contributed by atoms with E-state index in [0.29, 0.717) is 40.9 Å². The summed E-state index contributed by atoms with van der Waals surface area (Å²) in [6.07, 6.45) is 5.27. The lowest BCUT2D eigenvalue weighted by Gasteiger charge is -2.10. The van der Waals surface area contributed by atoms with Gasteiger partial charge in [-0.25, -0.2) is 9.97 Å². The Balaban J connectivity index is 1.68. The first-order chi connectivity index (χ1) is 13.1. The molecule has 3 rings (SSSR count). The van der Waals surface area contributed by atoms with Crippen molar-refractivity contribution in [1.29, 1.82) is 0 Å². The first-order valence-corrected chi connectivity index (χ1v) is 9.56. The van der Waals surface area contributed by atoms with Gasteiger partial charge in [0.25, 0.3) is 5.91 Å². The molecule has 1 amide bonds. The Morgan fingerprint density at radius 2 is 2.19 bits per heavy atom. The molecule has 0 aliphatic carbocycles. The summed E-state index contributed by atoms with van der Waals surface area (Å²) in [6, 6.07) is 5.06. The maximum Gasteiger partial charge on any atom is 0.252 e. The van der Waals surface area contributed by atoms with E-state index in [1.54, 1.807) is 30.6 Å². The SMILES string of the molecule is O=C(NCCOCCO)c1ccc(Nc2nccn3c(I)cnc23)cc1Cl. The second-order valence-electron chi connectivity index (χ2n) is 5.46. The first-order valence-electron chi connectivity index (χ1n) is 8.11. The van der Waals surface area contributed by atoms with Crippen LogP contribution in [0, 0.1) is 3.70 Å². The van der Waals surface area contributed by atoms with Crippen LogP contribution >= 0.6 is 34.2 Å². The van der Waals surface area contributed by atoms with Crippen molar-refractivity contribution in [2.75, 3.05) is 31.7 Å². The Labute approximate surface area is 174 Å². The minimum absolute atomic E-state index is 0.0469. The van der Waals surface area contributed by atoms with Crippen LogP contribution in [0.5, 0.6) is 0 Å². The highest BCUT2D eigenvalue weighted by Gasteiger charge is 2.12. The molecule has 27 heavy (non-hydrogen) atoms. The number of aliphatic hydroxyl groups is 1. The maximum atomic E-state index is 12.2. The van der Waals surface area contributed by atoms with Gasteiger partial charge in [-0.3, -0.25) is 9.20 Å². The van der Waals surface area contributed by atoms with Crippen LogP contribution in [0.15, 0.2) is 36.8 Å². The van der Waals surface area contributed by atoms with Crippen molar-refractivity contribution in [3.63, 3.8) is 0 Å². The molecule has 0 fully saturated rings. The molecule has 3 aromatic rings. The monoisotopic (exact) mass is 501 g/mol. The minimum Gasteiger partial charge on any atom is -0.394 e. The topological polar surface area (TPSA) is 101 Å². The van der Waals surface area contributed by atoms with Crippen LogP contribution in [0.25, 0.3) is 5.65 Å². The number of halogens is 2. The largest absolute Gasteiger partial charge is 0.394 e. The number of aromatic nitrogens is 3. The van der Waals surface area contributed by atoms with Gasteiger partial charge in [0.05, 0.1) is 36.6 Å². The molecule has 142 valence electrons. The zero-order valence-electron chi connectivity index (χ0n) is 14.2. The lowest BCUT2D eigenvalue weighted by Crippen LogP contribution is -2.27. The molecule has 0 unspecified atom stereocenters. The third-order valence-electron chi connectivity index (χ3n) is 3.63. The lowest BCUT2D eigenvalue weighted by molar-refractivity contribution is 0.0838. The molecule has 10 heteroatoms. The van der Waals surface area contributed by atoms with Crippen LogP contribution in [0.3, 0.4) is 0 Å². The van der Waals surface area contributed by atoms with Gasteiger partial charge in [0.2, 0.25) is 0 Å². The van der Waals surface area contributed by atoms with Gasteiger partial charge in [-0.2, -0.15) is 0 Å². The van der Waals surface area contributed by atoms with E-state index < -0.39 is 0 Å². The molecule has 0 saturated heterocycles. The lowest BCUT2D eigenvalue weighted by atomic mass is 10.2. The van der Waals surface area contributed by atoms with Crippen LogP contribution in [-0.2, 0) is 4.74 Å². The number of carbonyl (C=O) groups excluding carboxylic acids is 1. The summed E-state index contributed by atoms with van der Waals surface area (Å²) in [5.41, 5.74) is 1.76. The normalized spacial score (nSPS) is 10.9. The average Bonchev–Trinajstić information content (AvgIpc) is 3.04. The predicted molar refractivity (Wildman–Crippen MR) is 111 cm³/mol. The van der Waals surface area contributed by atoms with Crippen LogP contribution in [-0.4, -0.2) is 51.7 Å². The van der Waals surface area contributed by atoms with E-state index in [9.17, 15) is 4.79 Å². The molecule has 0 spiro atoms. The molecule has 3 N–H and O–H groups in total. The number of carbonyl (C=O) groups is 1. The highest BCUT2D eigenvalue weighted by molar-refractivity contribution is 14.1. The summed E-state index contributed by atoms with van der Waals surface area (Å²) in [4.78, 5) is 20.9. The predicted octanol–water partition coefficient (Wildman–Crippen LogP) is 2.47. The fourth-order valence-corrected chi connectivity index (χ4v) is 3.18. The Kier molecular flexibility index (Phi) is 6.83. The summed E-state index contributed by atoms with van der Waals surface area (Å²) in [7, 11) is 0. The van der Waals surface area contributed by atoms with Crippen LogP contribution in [0.4, 0.5) is 11.5 Å². The third kappa shape index (κ3) is 4.86. The number of amides is 1. The highest BCUT2D eigenvalue weighted by atomic mass is 127. The van der Waals surface area contributed by atoms with Crippen molar-refractivity contribution in [3.05, 3.63) is 51.1 Å². The van der Waals surface area contributed by atoms with E-state index in [1.807, 2.05) is 10.6 Å². The molecular formula is C17H17ClIN5O3. The summed E-state index contributed by atoms with van der Waals surface area (Å²) in [5.74, 6) is 0.303. The third-order valence-corrected chi connectivity index (χ3v) is 4.74. The van der Waals surface area contributed by atoms with Crippen molar-refractivity contribution >= 4 is 57.3 Å². The van der Waals surface area contributed by atoms with E-state index in [1.165, 1.54) is 0 Å². The number of hydrogen-bond donors (Lipinski definition) is 3. The molecule has 0 saturated carbocycles. The molecule has 2 aromatic heterocycles. The molecule has 0 aliphatic rings. The van der Waals surface area contributed by atoms with E-state index in [-0.39, 0.29) is 19.1 Å². The van der Waals surface area contributed by atoms with E-state index in [4.69, 9.17) is 21.4 Å². The Hall–Kier alpha value is -1.95. The van der Waals surface area contributed by atoms with E-state index >= 15 is 0 Å². The van der Waals surface area contributed by atoms with Crippen molar-refractivity contribution in [2.45, 2.75) is 0 Å². The van der Waals surface area contributed by atoms with Crippen molar-refractivity contribution in [2.24, 2.45) is 0 Å². The maximum absolute atomic E-state index is 12.2. The number of rotatable bonds is 8. The van der Waals surface area contributed by atoms with Gasteiger partial charge in [-0.05, 0) is 40.8 Å². The molecule has 0 aliphatic heterocycles. The highest BCUT2D eigenvalue weighted by Crippen LogP contribution is 2.25. The Morgan fingerprint density at radius 3 is 2.96 bits per heavy atom. The average molecular weight is 502 g/mol. The molecule has 1 aromatic carbocycles. The van der Waals surface area contributed by atoms with Crippen molar-refractivity contribution in [3.8, 4) is 0 Å². The summed E-state index contributed by atoms with van der Waals surface area (Å²) >= 11 is 8.46. The smallest absolute Gasteiger partial charge is 0.252 e. The number of nitrogens with one attached hydrogen (secondary N) is 2. The van der Waals surface area contributed by atoms with Gasteiger partial charge < -0.3 is 20.5 Å². The van der Waals surface area contributed by atoms with Gasteiger partial charge in [-0.15, -0.1) is 0 Å². The first kappa shape index (κ1) is 19.8. The quantitative estimate of drug-likeness (QED) is 0.324. The second-order valence-corrected chi connectivity index (χ2v) is 6.97. The number of benzene rings is 1. The Morgan fingerprint density at radius 1 is 1.33 bits per heavy atom. The fraction of sp³-hybridized carbons (Fsp3) is 0.235. The summed E-state index contributed by atoms with van der Waals surface area (Å²) in [6.45, 7) is 0.851. The van der Waals surface area contributed by atoms with E-state index in [2.05, 4.69) is 43.2 Å². The number of anilines is 2. The minimum atomic E-state index is -0.290. The molecule has 8 nitrogen and oxygen atoms in total. The number of imidazole rings is 1. The van der Waals surface area contributed by atoms with Crippen molar-refractivity contribution in [1.82, 2.24) is 19.7 Å². The van der Waals surface area contributed by atoms with Crippen LogP contribution in [0.2, 0.25) is 5.02 Å². The number of ether oxygens (including phenoxy) is 1. The number of hydrogen-bond acceptors (Lipinski definition) is 6. The molecule has 0 atom stereocenters. The summed E-state index contributed by atoms with van der Waals surface area (Å²) < 4.78 is 7.99. The molecule has 0 bridgehead atoms. The van der Waals surface area contributed by atoms with Gasteiger partial charge in [0.1, 0.15) is 3.70 Å². The van der Waals surface area contributed by atoms with Crippen molar-refractivity contribution < 1.29 is 14.6 Å². The standard InChI is InChI=1S/C17H17ClIN5O3/c18-13-9-11(1-2-12(13)17(26)21-4-7-27-8-6-25)23-15-16-22-10-14(19)24(16)5-3-20-15/h1-3,5,9-10,25H,4,6-8H2,(H,20,23)(H,21,26). The van der Waals surface area contributed by atoms with Crippen LogP contribution in [0.1, 0.15) is 10.4 Å². The van der Waals surface area contributed by atoms with E-state index in [0.717, 1.165) is 3.70 Å². The molecule has 0 radical (unpaired) electrons. The fourth-order valence-electron chi connectivity index (χ4n) is 2.39. The van der Waals surface area contributed by atoms with Gasteiger partial charge in [-0.1, -0.05) is 11.6 Å². The number of fused-ring (bicyclic) bond motifs is 1. The Bertz CT molecular complexity index is 949. The molecular weight excluding hydrogens is 485 g/mol. The molecule has 2 heterocycles. The van der Waals surface area contributed by atoms with Gasteiger partial charge >= 0.3 is 0 Å². The zero-order chi connectivity index (χ0) is 19.2. The number of nitrogens with zero attached hydrogens (tertiary/aromatic N) is 3. The van der Waals surface area contributed by atoms with Gasteiger partial charge in [0.15, 0.2) is 11.5 Å². The number of aliphatic hydroxyl groups excluding tert-OH is 1. The van der Waals surface area contributed by atoms with Crippen LogP contribution < -0.4 is 10.6 Å². The van der Waals surface area contributed by atoms with Gasteiger partial charge in [0, 0.05) is 24.6 Å². The summed E-state index contributed by atoms with van der Waals surface area (Å²) in [5, 5.41) is 14.8.